The van der Waals surface area contributed by atoms with E-state index in [2.05, 4.69) is 29.4 Å². The molecule has 2 aliphatic heterocycles. The molecule has 2 N–H and O–H groups in total. The molecule has 0 aromatic heterocycles. The van der Waals surface area contributed by atoms with Gasteiger partial charge in [-0.05, 0) is 44.7 Å². The van der Waals surface area contributed by atoms with Crippen molar-refractivity contribution in [3.05, 3.63) is 29.8 Å². The molecule has 7 heteroatoms. The number of likely N-dealkylation sites (tertiary alicyclic amines) is 1. The average molecular weight is 386 g/mol. The molecule has 0 bridgehead atoms. The summed E-state index contributed by atoms with van der Waals surface area (Å²) in [5.74, 6) is -0.0974. The predicted molar refractivity (Wildman–Crippen MR) is 108 cm³/mol. The predicted octanol–water partition coefficient (Wildman–Crippen LogP) is 2.36. The summed E-state index contributed by atoms with van der Waals surface area (Å²) in [7, 11) is 0. The third-order valence-electron chi connectivity index (χ3n) is 5.61. The molecule has 1 atom stereocenters. The maximum Gasteiger partial charge on any atom is 0.325 e. The van der Waals surface area contributed by atoms with Crippen LogP contribution in [0.2, 0.25) is 0 Å². The Morgan fingerprint density at radius 3 is 2.32 bits per heavy atom. The fourth-order valence-corrected chi connectivity index (χ4v) is 3.97. The van der Waals surface area contributed by atoms with Crippen molar-refractivity contribution in [3.63, 3.8) is 0 Å². The lowest BCUT2D eigenvalue weighted by atomic mass is 9.87. The van der Waals surface area contributed by atoms with Crippen LogP contribution in [-0.2, 0) is 9.59 Å². The lowest BCUT2D eigenvalue weighted by molar-refractivity contribution is -0.137. The van der Waals surface area contributed by atoms with Crippen LogP contribution < -0.4 is 10.6 Å². The van der Waals surface area contributed by atoms with Gasteiger partial charge in [0, 0.05) is 25.3 Å². The first-order chi connectivity index (χ1) is 13.2. The molecule has 0 saturated carbocycles. The highest BCUT2D eigenvalue weighted by atomic mass is 16.2. The second-order valence-corrected chi connectivity index (χ2v) is 8.41. The van der Waals surface area contributed by atoms with Gasteiger partial charge in [-0.3, -0.25) is 9.59 Å². The summed E-state index contributed by atoms with van der Waals surface area (Å²) in [6.07, 6.45) is 1.15. The first-order valence-corrected chi connectivity index (χ1v) is 9.97. The number of nitrogens with one attached hydrogen (secondary N) is 2. The maximum absolute atomic E-state index is 13.1. The normalized spacial score (nSPS) is 20.5. The molecule has 1 spiro atoms. The monoisotopic (exact) mass is 386 g/mol. The average Bonchev–Trinajstić information content (AvgIpc) is 2.88. The van der Waals surface area contributed by atoms with Gasteiger partial charge < -0.3 is 15.5 Å². The molecule has 7 nitrogen and oxygen atoms in total. The van der Waals surface area contributed by atoms with E-state index >= 15 is 0 Å². The number of piperidine rings is 1. The van der Waals surface area contributed by atoms with Crippen LogP contribution in [0.15, 0.2) is 24.3 Å². The molecule has 1 aromatic rings. The molecule has 0 radical (unpaired) electrons. The van der Waals surface area contributed by atoms with Crippen LogP contribution in [0.3, 0.4) is 0 Å². The molecule has 1 unspecified atom stereocenters. The van der Waals surface area contributed by atoms with Gasteiger partial charge in [-0.1, -0.05) is 31.5 Å². The van der Waals surface area contributed by atoms with Gasteiger partial charge in [-0.25, -0.2) is 9.69 Å². The first-order valence-electron chi connectivity index (χ1n) is 9.97. The topological polar surface area (TPSA) is 81.8 Å². The van der Waals surface area contributed by atoms with E-state index in [-0.39, 0.29) is 11.8 Å². The van der Waals surface area contributed by atoms with E-state index in [1.54, 1.807) is 19.1 Å². The molecule has 2 heterocycles. The third-order valence-corrected chi connectivity index (χ3v) is 5.61. The zero-order valence-electron chi connectivity index (χ0n) is 17.1. The van der Waals surface area contributed by atoms with E-state index < -0.39 is 17.6 Å². The lowest BCUT2D eigenvalue weighted by Gasteiger charge is -2.38. The van der Waals surface area contributed by atoms with Gasteiger partial charge in [0.2, 0.25) is 5.91 Å². The zero-order valence-corrected chi connectivity index (χ0v) is 17.1. The van der Waals surface area contributed by atoms with E-state index in [1.165, 1.54) is 0 Å². The molecular weight excluding hydrogens is 356 g/mol. The molecule has 1 aromatic carbocycles. The second-order valence-electron chi connectivity index (χ2n) is 8.41. The van der Waals surface area contributed by atoms with Crippen LogP contribution >= 0.6 is 0 Å². The number of carbonyl (C=O) groups is 3. The van der Waals surface area contributed by atoms with E-state index in [0.717, 1.165) is 30.1 Å². The molecule has 3 rings (SSSR count). The standard InChI is InChI=1S/C21H30N4O3/c1-14(2)13-24-11-9-21(10-12-24)19(27)25(20(28)23-21)16(4)18(26)22-17-7-5-15(3)6-8-17/h5-8,14,16H,9-13H2,1-4H3,(H,22,26)(H,23,28). The van der Waals surface area contributed by atoms with Crippen molar-refractivity contribution < 1.29 is 14.4 Å². The summed E-state index contributed by atoms with van der Waals surface area (Å²) in [4.78, 5) is 41.7. The maximum atomic E-state index is 13.1. The minimum absolute atomic E-state index is 0.284. The van der Waals surface area contributed by atoms with Crippen molar-refractivity contribution in [2.75, 3.05) is 25.0 Å². The number of rotatable bonds is 5. The number of urea groups is 1. The summed E-state index contributed by atoms with van der Waals surface area (Å²) in [6.45, 7) is 10.4. The van der Waals surface area contributed by atoms with Crippen molar-refractivity contribution in [3.8, 4) is 0 Å². The minimum atomic E-state index is -0.873. The Bertz CT molecular complexity index is 751. The number of benzene rings is 1. The lowest BCUT2D eigenvalue weighted by Crippen LogP contribution is -2.56. The number of aryl methyl sites for hydroxylation is 1. The molecule has 0 aliphatic carbocycles. The number of amides is 4. The first kappa shape index (κ1) is 20.3. The van der Waals surface area contributed by atoms with Crippen molar-refractivity contribution >= 4 is 23.5 Å². The summed E-state index contributed by atoms with van der Waals surface area (Å²) >= 11 is 0. The number of hydrogen-bond acceptors (Lipinski definition) is 4. The van der Waals surface area contributed by atoms with Gasteiger partial charge in [0.25, 0.3) is 5.91 Å². The third kappa shape index (κ3) is 4.04. The van der Waals surface area contributed by atoms with Crippen LogP contribution in [0.1, 0.15) is 39.2 Å². The van der Waals surface area contributed by atoms with Crippen LogP contribution in [0.4, 0.5) is 10.5 Å². The highest BCUT2D eigenvalue weighted by Crippen LogP contribution is 2.31. The van der Waals surface area contributed by atoms with E-state index in [0.29, 0.717) is 24.4 Å². The van der Waals surface area contributed by atoms with Gasteiger partial charge in [-0.15, -0.1) is 0 Å². The van der Waals surface area contributed by atoms with Crippen LogP contribution in [0.5, 0.6) is 0 Å². The smallest absolute Gasteiger partial charge is 0.324 e. The number of carbonyl (C=O) groups excluding carboxylic acids is 3. The Morgan fingerprint density at radius 1 is 1.14 bits per heavy atom. The summed E-state index contributed by atoms with van der Waals surface area (Å²) < 4.78 is 0. The molecule has 2 aliphatic rings. The number of imide groups is 1. The molecule has 2 saturated heterocycles. The number of hydrogen-bond donors (Lipinski definition) is 2. The van der Waals surface area contributed by atoms with Gasteiger partial charge in [0.05, 0.1) is 0 Å². The molecule has 152 valence electrons. The highest BCUT2D eigenvalue weighted by Gasteiger charge is 2.54. The number of anilines is 1. The van der Waals surface area contributed by atoms with Gasteiger partial charge in [0.15, 0.2) is 0 Å². The Kier molecular flexibility index (Phi) is 5.74. The van der Waals surface area contributed by atoms with Crippen LogP contribution in [0, 0.1) is 12.8 Å². The fourth-order valence-electron chi connectivity index (χ4n) is 3.97. The Labute approximate surface area is 166 Å². The molecular formula is C21H30N4O3. The van der Waals surface area contributed by atoms with Crippen molar-refractivity contribution in [1.29, 1.82) is 0 Å². The largest absolute Gasteiger partial charge is 0.325 e. The Hall–Kier alpha value is -2.41. The van der Waals surface area contributed by atoms with Crippen molar-refractivity contribution in [2.45, 2.75) is 52.1 Å². The highest BCUT2D eigenvalue weighted by molar-refractivity contribution is 6.11. The summed E-state index contributed by atoms with van der Waals surface area (Å²) in [5, 5.41) is 5.67. The van der Waals surface area contributed by atoms with Gasteiger partial charge >= 0.3 is 6.03 Å². The zero-order chi connectivity index (χ0) is 20.5. The van der Waals surface area contributed by atoms with Crippen LogP contribution in [0.25, 0.3) is 0 Å². The molecule has 28 heavy (non-hydrogen) atoms. The molecule has 2 fully saturated rings. The Morgan fingerprint density at radius 2 is 1.75 bits per heavy atom. The molecule has 4 amide bonds. The van der Waals surface area contributed by atoms with E-state index in [9.17, 15) is 14.4 Å². The fraction of sp³-hybridized carbons (Fsp3) is 0.571. The quantitative estimate of drug-likeness (QED) is 0.761. The SMILES string of the molecule is Cc1ccc(NC(=O)C(C)N2C(=O)NC3(CCN(CC(C)C)CC3)C2=O)cc1. The van der Waals surface area contributed by atoms with Crippen LogP contribution in [-0.4, -0.2) is 58.9 Å². The summed E-state index contributed by atoms with van der Waals surface area (Å²) in [6, 6.07) is 6.05. The second kappa shape index (κ2) is 7.91. The minimum Gasteiger partial charge on any atom is -0.324 e. The van der Waals surface area contributed by atoms with Crippen molar-refractivity contribution in [1.82, 2.24) is 15.1 Å². The number of nitrogens with zero attached hydrogens (tertiary/aromatic N) is 2. The van der Waals surface area contributed by atoms with Crippen molar-refractivity contribution in [2.24, 2.45) is 5.92 Å². The van der Waals surface area contributed by atoms with E-state index in [4.69, 9.17) is 0 Å². The van der Waals surface area contributed by atoms with Gasteiger partial charge in [-0.2, -0.15) is 0 Å². The Balaban J connectivity index is 1.66. The van der Waals surface area contributed by atoms with E-state index in [1.807, 2.05) is 19.1 Å². The summed E-state index contributed by atoms with van der Waals surface area (Å²) in [5.41, 5.74) is 0.861. The van der Waals surface area contributed by atoms with Gasteiger partial charge in [0.1, 0.15) is 11.6 Å².